The lowest BCUT2D eigenvalue weighted by Gasteiger charge is -2.28. The summed E-state index contributed by atoms with van der Waals surface area (Å²) in [4.78, 5) is 24.8. The van der Waals surface area contributed by atoms with E-state index in [-0.39, 0.29) is 19.1 Å². The molecule has 0 atom stereocenters. The number of hydrogen-bond donors (Lipinski definition) is 1. The van der Waals surface area contributed by atoms with Crippen LogP contribution in [0, 0.1) is 24.7 Å². The zero-order valence-corrected chi connectivity index (χ0v) is 24.4. The SMILES string of the molecule is C#CCOc1ccc(/C=C/C(=O)N2CCOc3ccccc32)cc1CC.C#CCOc1ccc(/C=C/C(=O)O)cc1CC. The van der Waals surface area contributed by atoms with Gasteiger partial charge >= 0.3 is 5.97 Å². The molecular weight excluding hydrogens is 542 g/mol. The van der Waals surface area contributed by atoms with Gasteiger partial charge in [0.25, 0.3) is 5.91 Å². The number of fused-ring (bicyclic) bond motifs is 1. The summed E-state index contributed by atoms with van der Waals surface area (Å²) >= 11 is 0. The molecule has 1 aliphatic heterocycles. The van der Waals surface area contributed by atoms with Gasteiger partial charge < -0.3 is 24.2 Å². The number of aryl methyl sites for hydroxylation is 2. The standard InChI is InChI=1S/C22H21NO3.C14H14O3/c1-3-14-25-20-11-9-17(16-18(20)4-2)10-12-22(24)23-13-15-26-21-8-6-5-7-19(21)23;1-3-9-17-13-7-5-11(6-8-14(15)16)10-12(13)4-2/h1,5-12,16H,4,13-15H2,2H3;1,5-8,10H,4,9H2,2H3,(H,15,16)/b12-10+;8-6+. The average molecular weight is 578 g/mol. The van der Waals surface area contributed by atoms with Crippen LogP contribution in [0.15, 0.2) is 72.8 Å². The summed E-state index contributed by atoms with van der Waals surface area (Å²) in [6.45, 7) is 5.58. The second-order valence-corrected chi connectivity index (χ2v) is 9.24. The van der Waals surface area contributed by atoms with Crippen LogP contribution < -0.4 is 19.1 Å². The molecule has 1 amide bonds. The highest BCUT2D eigenvalue weighted by atomic mass is 16.5. The summed E-state index contributed by atoms with van der Waals surface area (Å²) in [7, 11) is 0. The maximum absolute atomic E-state index is 12.6. The van der Waals surface area contributed by atoms with Crippen molar-refractivity contribution in [1.82, 2.24) is 0 Å². The van der Waals surface area contributed by atoms with Gasteiger partial charge in [-0.25, -0.2) is 4.79 Å². The zero-order valence-electron chi connectivity index (χ0n) is 24.4. The van der Waals surface area contributed by atoms with Crippen LogP contribution in [0.2, 0.25) is 0 Å². The van der Waals surface area contributed by atoms with E-state index in [4.69, 9.17) is 32.2 Å². The Bertz CT molecular complexity index is 1560. The first-order valence-electron chi connectivity index (χ1n) is 13.9. The van der Waals surface area contributed by atoms with E-state index in [9.17, 15) is 9.59 Å². The second-order valence-electron chi connectivity index (χ2n) is 9.24. The smallest absolute Gasteiger partial charge is 0.328 e. The van der Waals surface area contributed by atoms with Gasteiger partial charge in [0.05, 0.1) is 12.2 Å². The van der Waals surface area contributed by atoms with Gasteiger partial charge in [0.15, 0.2) is 0 Å². The van der Waals surface area contributed by atoms with Crippen LogP contribution in [0.5, 0.6) is 17.2 Å². The molecule has 1 aliphatic rings. The van der Waals surface area contributed by atoms with Crippen LogP contribution in [0.25, 0.3) is 12.2 Å². The molecule has 0 radical (unpaired) electrons. The van der Waals surface area contributed by atoms with E-state index in [0.717, 1.165) is 64.1 Å². The van der Waals surface area contributed by atoms with Crippen LogP contribution in [-0.2, 0) is 22.4 Å². The number of carbonyl (C=O) groups excluding carboxylic acids is 1. The maximum Gasteiger partial charge on any atom is 0.328 e. The molecule has 0 bridgehead atoms. The molecule has 220 valence electrons. The lowest BCUT2D eigenvalue weighted by atomic mass is 10.1. The number of nitrogens with zero attached hydrogens (tertiary/aromatic N) is 1. The molecule has 1 heterocycles. The monoisotopic (exact) mass is 577 g/mol. The number of aliphatic carboxylic acids is 1. The molecule has 7 nitrogen and oxygen atoms in total. The number of carboxylic acids is 1. The zero-order chi connectivity index (χ0) is 31.0. The summed E-state index contributed by atoms with van der Waals surface area (Å²) in [5.74, 6) is 6.13. The Kier molecular flexibility index (Phi) is 12.5. The number of para-hydroxylation sites is 2. The fourth-order valence-electron chi connectivity index (χ4n) is 4.30. The highest BCUT2D eigenvalue weighted by Gasteiger charge is 2.21. The molecule has 0 aromatic heterocycles. The number of carboxylic acid groups (broad SMARTS) is 1. The molecule has 0 aliphatic carbocycles. The molecule has 0 spiro atoms. The van der Waals surface area contributed by atoms with Gasteiger partial charge in [0.1, 0.15) is 37.1 Å². The topological polar surface area (TPSA) is 85.3 Å². The van der Waals surface area contributed by atoms with Crippen LogP contribution >= 0.6 is 0 Å². The third kappa shape index (κ3) is 9.59. The van der Waals surface area contributed by atoms with Crippen molar-refractivity contribution >= 4 is 29.7 Å². The summed E-state index contributed by atoms with van der Waals surface area (Å²) < 4.78 is 16.5. The van der Waals surface area contributed by atoms with Gasteiger partial charge in [-0.3, -0.25) is 4.79 Å². The molecule has 0 saturated heterocycles. The van der Waals surface area contributed by atoms with Crippen molar-refractivity contribution in [2.24, 2.45) is 0 Å². The van der Waals surface area contributed by atoms with E-state index in [1.165, 1.54) is 0 Å². The summed E-state index contributed by atoms with van der Waals surface area (Å²) in [6.07, 6.45) is 18.1. The number of ether oxygens (including phenoxy) is 3. The molecular formula is C36H35NO6. The third-order valence-electron chi connectivity index (χ3n) is 6.38. The summed E-state index contributed by atoms with van der Waals surface area (Å²) in [6, 6.07) is 18.9. The first-order chi connectivity index (χ1) is 20.9. The maximum atomic E-state index is 12.6. The quantitative estimate of drug-likeness (QED) is 0.233. The van der Waals surface area contributed by atoms with Crippen molar-refractivity contribution in [1.29, 1.82) is 0 Å². The lowest BCUT2D eigenvalue weighted by molar-refractivity contribution is -0.131. The predicted molar refractivity (Wildman–Crippen MR) is 170 cm³/mol. The number of anilines is 1. The number of rotatable bonds is 10. The highest BCUT2D eigenvalue weighted by Crippen LogP contribution is 2.31. The predicted octanol–water partition coefficient (Wildman–Crippen LogP) is 6.06. The summed E-state index contributed by atoms with van der Waals surface area (Å²) in [5, 5.41) is 8.54. The number of amides is 1. The molecule has 0 saturated carbocycles. The van der Waals surface area contributed by atoms with Crippen LogP contribution in [-0.4, -0.2) is 43.3 Å². The molecule has 43 heavy (non-hydrogen) atoms. The second kappa shape index (κ2) is 16.8. The van der Waals surface area contributed by atoms with Crippen LogP contribution in [0.3, 0.4) is 0 Å². The van der Waals surface area contributed by atoms with Gasteiger partial charge in [-0.1, -0.05) is 50.0 Å². The van der Waals surface area contributed by atoms with Crippen molar-refractivity contribution in [3.8, 4) is 41.9 Å². The fraction of sp³-hybridized carbons (Fsp3) is 0.222. The minimum absolute atomic E-state index is 0.0635. The van der Waals surface area contributed by atoms with Crippen molar-refractivity contribution in [2.45, 2.75) is 26.7 Å². The molecule has 4 rings (SSSR count). The Morgan fingerprint density at radius 1 is 0.884 bits per heavy atom. The number of carbonyl (C=O) groups is 2. The van der Waals surface area contributed by atoms with Gasteiger partial charge in [0, 0.05) is 12.2 Å². The Morgan fingerprint density at radius 2 is 1.44 bits per heavy atom. The molecule has 0 fully saturated rings. The first kappa shape index (κ1) is 32.1. The van der Waals surface area contributed by atoms with Crippen molar-refractivity contribution in [3.63, 3.8) is 0 Å². The van der Waals surface area contributed by atoms with Crippen LogP contribution in [0.4, 0.5) is 5.69 Å². The van der Waals surface area contributed by atoms with E-state index >= 15 is 0 Å². The van der Waals surface area contributed by atoms with E-state index < -0.39 is 5.97 Å². The highest BCUT2D eigenvalue weighted by molar-refractivity contribution is 6.05. The van der Waals surface area contributed by atoms with Gasteiger partial charge in [0.2, 0.25) is 0 Å². The molecule has 3 aromatic carbocycles. The van der Waals surface area contributed by atoms with E-state index in [2.05, 4.69) is 18.8 Å². The average Bonchev–Trinajstić information content (AvgIpc) is 3.04. The Labute approximate surface area is 253 Å². The van der Waals surface area contributed by atoms with Crippen molar-refractivity contribution in [2.75, 3.05) is 31.3 Å². The Morgan fingerprint density at radius 3 is 1.98 bits per heavy atom. The first-order valence-corrected chi connectivity index (χ1v) is 13.9. The van der Waals surface area contributed by atoms with E-state index in [1.54, 1.807) is 29.2 Å². The van der Waals surface area contributed by atoms with Crippen molar-refractivity contribution in [3.05, 3.63) is 95.1 Å². The summed E-state index contributed by atoms with van der Waals surface area (Å²) in [5.41, 5.74) is 4.65. The Balaban J connectivity index is 0.000000259. The van der Waals surface area contributed by atoms with E-state index in [1.807, 2.05) is 61.5 Å². The number of terminal acetylenes is 2. The molecule has 1 N–H and O–H groups in total. The normalized spacial score (nSPS) is 11.9. The minimum Gasteiger partial charge on any atom is -0.490 e. The van der Waals surface area contributed by atoms with Gasteiger partial charge in [-0.15, -0.1) is 12.8 Å². The largest absolute Gasteiger partial charge is 0.490 e. The Hall–Kier alpha value is -5.40. The number of benzene rings is 3. The number of hydrogen-bond acceptors (Lipinski definition) is 5. The minimum atomic E-state index is -0.962. The molecule has 3 aromatic rings. The van der Waals surface area contributed by atoms with Gasteiger partial charge in [-0.2, -0.15) is 0 Å². The third-order valence-corrected chi connectivity index (χ3v) is 6.38. The molecule has 7 heteroatoms. The fourth-order valence-corrected chi connectivity index (χ4v) is 4.30. The molecule has 0 unspecified atom stereocenters. The lowest BCUT2D eigenvalue weighted by Crippen LogP contribution is -2.36. The van der Waals surface area contributed by atoms with Crippen LogP contribution in [0.1, 0.15) is 36.1 Å². The van der Waals surface area contributed by atoms with Gasteiger partial charge in [-0.05, 0) is 83.6 Å². The van der Waals surface area contributed by atoms with Crippen molar-refractivity contribution < 1.29 is 28.9 Å². The van der Waals surface area contributed by atoms with E-state index in [0.29, 0.717) is 13.2 Å².